The van der Waals surface area contributed by atoms with Gasteiger partial charge in [0.25, 0.3) is 0 Å². The minimum absolute atomic E-state index is 0.852. The Bertz CT molecular complexity index is 326. The maximum absolute atomic E-state index is 4.22. The number of aromatic nitrogens is 3. The molecule has 0 aliphatic rings. The number of H-pyrrole nitrogens is 2. The molecule has 12 heavy (non-hydrogen) atoms. The average molecular weight is 160 g/mol. The van der Waals surface area contributed by atoms with Gasteiger partial charge < -0.3 is 0 Å². The van der Waals surface area contributed by atoms with Gasteiger partial charge in [-0.25, -0.2) is 0 Å². The van der Waals surface area contributed by atoms with Crippen molar-refractivity contribution >= 4 is 0 Å². The zero-order chi connectivity index (χ0) is 8.23. The van der Waals surface area contributed by atoms with Crippen molar-refractivity contribution < 1.29 is 5.10 Å². The Morgan fingerprint density at radius 1 is 1.33 bits per heavy atom. The molecule has 0 fully saturated rings. The van der Waals surface area contributed by atoms with E-state index < -0.39 is 0 Å². The van der Waals surface area contributed by atoms with E-state index >= 15 is 0 Å². The molecule has 2 rings (SSSR count). The lowest BCUT2D eigenvalue weighted by atomic mass is 10.2. The van der Waals surface area contributed by atoms with Crippen LogP contribution in [0.15, 0.2) is 36.7 Å². The van der Waals surface area contributed by atoms with E-state index in [1.54, 1.807) is 0 Å². The maximum atomic E-state index is 4.22. The fraction of sp³-hybridized carbons (Fsp3) is 0.111. The molecule has 2 aromatic heterocycles. The summed E-state index contributed by atoms with van der Waals surface area (Å²) in [6.07, 6.45) is 4.53. The van der Waals surface area contributed by atoms with Gasteiger partial charge in [-0.1, -0.05) is 6.07 Å². The lowest BCUT2D eigenvalue weighted by Gasteiger charge is -1.93. The molecule has 0 saturated heterocycles. The summed E-state index contributed by atoms with van der Waals surface area (Å²) in [5, 5.41) is 5.92. The van der Waals surface area contributed by atoms with Crippen molar-refractivity contribution in [1.29, 1.82) is 0 Å². The molecule has 0 radical (unpaired) electrons. The zero-order valence-electron chi connectivity index (χ0n) is 6.62. The molecule has 0 unspecified atom stereocenters. The van der Waals surface area contributed by atoms with Crippen LogP contribution in [-0.4, -0.2) is 10.1 Å². The van der Waals surface area contributed by atoms with Crippen LogP contribution in [0.4, 0.5) is 0 Å². The van der Waals surface area contributed by atoms with Crippen molar-refractivity contribution in [2.24, 2.45) is 0 Å². The van der Waals surface area contributed by atoms with Gasteiger partial charge in [0.2, 0.25) is 0 Å². The minimum atomic E-state index is 0.852. The van der Waals surface area contributed by atoms with E-state index in [4.69, 9.17) is 0 Å². The highest BCUT2D eigenvalue weighted by Crippen LogP contribution is 2.00. The molecule has 0 spiro atoms. The number of nitrogens with zero attached hydrogens (tertiary/aromatic N) is 1. The summed E-state index contributed by atoms with van der Waals surface area (Å²) >= 11 is 0. The monoisotopic (exact) mass is 160 g/mol. The number of aromatic amines is 2. The van der Waals surface area contributed by atoms with Crippen LogP contribution in [0.3, 0.4) is 0 Å². The van der Waals surface area contributed by atoms with Crippen LogP contribution in [0.25, 0.3) is 0 Å². The van der Waals surface area contributed by atoms with E-state index in [0.29, 0.717) is 0 Å². The molecule has 0 amide bonds. The third-order valence-corrected chi connectivity index (χ3v) is 1.70. The number of hydrogen-bond acceptors (Lipinski definition) is 1. The van der Waals surface area contributed by atoms with Crippen LogP contribution in [0.5, 0.6) is 0 Å². The maximum Gasteiger partial charge on any atom is 0.193 e. The van der Waals surface area contributed by atoms with Gasteiger partial charge in [-0.15, -0.1) is 5.10 Å². The van der Waals surface area contributed by atoms with Crippen molar-refractivity contribution in [3.05, 3.63) is 48.0 Å². The smallest absolute Gasteiger partial charge is 0.193 e. The first-order chi connectivity index (χ1) is 5.95. The highest BCUT2D eigenvalue weighted by molar-refractivity contribution is 5.11. The molecule has 0 bridgehead atoms. The number of rotatable bonds is 2. The van der Waals surface area contributed by atoms with Crippen molar-refractivity contribution in [2.75, 3.05) is 0 Å². The summed E-state index contributed by atoms with van der Waals surface area (Å²) in [5.74, 6) is 0. The second kappa shape index (κ2) is 3.17. The fourth-order valence-corrected chi connectivity index (χ4v) is 1.12. The molecule has 0 aliphatic heterocycles. The van der Waals surface area contributed by atoms with Crippen LogP contribution in [0, 0.1) is 0 Å². The molecule has 2 heterocycles. The van der Waals surface area contributed by atoms with Crippen LogP contribution in [0.1, 0.15) is 11.4 Å². The van der Waals surface area contributed by atoms with E-state index in [1.807, 2.05) is 36.7 Å². The first-order valence-corrected chi connectivity index (χ1v) is 3.89. The van der Waals surface area contributed by atoms with E-state index in [9.17, 15) is 0 Å². The molecular weight excluding hydrogens is 150 g/mol. The van der Waals surface area contributed by atoms with Crippen molar-refractivity contribution in [3.8, 4) is 0 Å². The molecule has 3 nitrogen and oxygen atoms in total. The Labute approximate surface area is 70.5 Å². The lowest BCUT2D eigenvalue weighted by molar-refractivity contribution is -0.449. The van der Waals surface area contributed by atoms with Crippen LogP contribution >= 0.6 is 0 Å². The topological polar surface area (TPSA) is 42.8 Å². The Balaban J connectivity index is 2.15. The van der Waals surface area contributed by atoms with E-state index in [0.717, 1.165) is 17.8 Å². The second-order valence-corrected chi connectivity index (χ2v) is 2.63. The second-order valence-electron chi connectivity index (χ2n) is 2.63. The minimum Gasteiger partial charge on any atom is -0.261 e. The third-order valence-electron chi connectivity index (χ3n) is 1.70. The van der Waals surface area contributed by atoms with Gasteiger partial charge in [-0.05, 0) is 12.1 Å². The first-order valence-electron chi connectivity index (χ1n) is 3.89. The predicted molar refractivity (Wildman–Crippen MR) is 44.4 cm³/mol. The van der Waals surface area contributed by atoms with E-state index in [1.165, 1.54) is 0 Å². The van der Waals surface area contributed by atoms with Gasteiger partial charge in [0.15, 0.2) is 6.20 Å². The molecule has 0 saturated carbocycles. The number of pyridine rings is 1. The summed E-state index contributed by atoms with van der Waals surface area (Å²) in [5.41, 5.74) is 2.22. The summed E-state index contributed by atoms with van der Waals surface area (Å²) in [6.45, 7) is 0. The van der Waals surface area contributed by atoms with Gasteiger partial charge in [-0.2, -0.15) is 5.10 Å². The van der Waals surface area contributed by atoms with Gasteiger partial charge in [0, 0.05) is 24.4 Å². The molecule has 60 valence electrons. The average Bonchev–Trinajstić information content (AvgIpc) is 2.59. The lowest BCUT2D eigenvalue weighted by Crippen LogP contribution is -2.01. The fourth-order valence-electron chi connectivity index (χ4n) is 1.12. The van der Waals surface area contributed by atoms with Gasteiger partial charge in [0.05, 0.1) is 5.69 Å². The molecule has 2 aromatic rings. The number of nitrogens with one attached hydrogen (secondary N) is 2. The molecule has 2 N–H and O–H groups in total. The van der Waals surface area contributed by atoms with Crippen LogP contribution < -0.4 is 5.10 Å². The molecule has 0 atom stereocenters. The summed E-state index contributed by atoms with van der Waals surface area (Å²) in [7, 11) is 0. The Morgan fingerprint density at radius 2 is 2.33 bits per heavy atom. The van der Waals surface area contributed by atoms with Crippen LogP contribution in [0.2, 0.25) is 0 Å². The van der Waals surface area contributed by atoms with Crippen molar-refractivity contribution in [1.82, 2.24) is 10.1 Å². The van der Waals surface area contributed by atoms with Gasteiger partial charge >= 0.3 is 0 Å². The van der Waals surface area contributed by atoms with E-state index in [2.05, 4.69) is 15.2 Å². The molecule has 0 aromatic carbocycles. The normalized spacial score (nSPS) is 10.0. The standard InChI is InChI=1S/C9H9N3/c1-2-5-10-8(3-1)7-9-4-6-11-12-9/h1-6H,7H2,(H,11,12)/p+1. The van der Waals surface area contributed by atoms with Crippen LogP contribution in [-0.2, 0) is 6.42 Å². The largest absolute Gasteiger partial charge is 0.261 e. The molecule has 3 heteroatoms. The Hall–Kier alpha value is -1.64. The molecular formula is C9H10N3+. The third kappa shape index (κ3) is 1.50. The highest BCUT2D eigenvalue weighted by Gasteiger charge is 1.98. The quantitative estimate of drug-likeness (QED) is 0.694. The summed E-state index contributed by atoms with van der Waals surface area (Å²) in [4.78, 5) is 4.22. The van der Waals surface area contributed by atoms with Crippen molar-refractivity contribution in [3.63, 3.8) is 0 Å². The van der Waals surface area contributed by atoms with Gasteiger partial charge in [-0.3, -0.25) is 4.98 Å². The first kappa shape index (κ1) is 7.03. The highest BCUT2D eigenvalue weighted by atomic mass is 15.1. The molecule has 0 aliphatic carbocycles. The Morgan fingerprint density at radius 3 is 3.00 bits per heavy atom. The predicted octanol–water partition coefficient (Wildman–Crippen LogP) is 0.815. The van der Waals surface area contributed by atoms with Gasteiger partial charge in [0.1, 0.15) is 0 Å². The van der Waals surface area contributed by atoms with Crippen molar-refractivity contribution in [2.45, 2.75) is 6.42 Å². The number of hydrogen-bond donors (Lipinski definition) is 1. The SMILES string of the molecule is c1ccc(Cc2cc[nH+][nH]2)nc1. The Kier molecular flexibility index (Phi) is 1.86. The zero-order valence-corrected chi connectivity index (χ0v) is 6.62. The summed E-state index contributed by atoms with van der Waals surface area (Å²) < 4.78 is 0. The summed E-state index contributed by atoms with van der Waals surface area (Å²) in [6, 6.07) is 7.94. The van der Waals surface area contributed by atoms with E-state index in [-0.39, 0.29) is 0 Å².